The van der Waals surface area contributed by atoms with Gasteiger partial charge < -0.3 is 4.74 Å². The number of rotatable bonds is 1. The van der Waals surface area contributed by atoms with Gasteiger partial charge in [-0.25, -0.2) is 0 Å². The topological polar surface area (TPSA) is 9.23 Å². The van der Waals surface area contributed by atoms with Crippen molar-refractivity contribution in [2.45, 2.75) is 73.0 Å². The van der Waals surface area contributed by atoms with Gasteiger partial charge in [0.1, 0.15) is 0 Å². The van der Waals surface area contributed by atoms with Crippen LogP contribution in [0.4, 0.5) is 0 Å². The molecule has 1 aliphatic carbocycles. The first-order valence-corrected chi connectivity index (χ1v) is 5.71. The Hall–Kier alpha value is -0.0400. The van der Waals surface area contributed by atoms with Crippen LogP contribution in [-0.4, -0.2) is 11.7 Å². The summed E-state index contributed by atoms with van der Waals surface area (Å²) in [4.78, 5) is 0. The summed E-state index contributed by atoms with van der Waals surface area (Å²) < 4.78 is 6.07. The molecular formula is C13H26O. The van der Waals surface area contributed by atoms with Crippen molar-refractivity contribution in [1.29, 1.82) is 0 Å². The van der Waals surface area contributed by atoms with Crippen LogP contribution in [-0.2, 0) is 4.74 Å². The van der Waals surface area contributed by atoms with Crippen molar-refractivity contribution >= 4 is 0 Å². The third kappa shape index (κ3) is 2.50. The molecule has 0 amide bonds. The zero-order valence-corrected chi connectivity index (χ0v) is 10.9. The minimum atomic E-state index is 0.00116. The van der Waals surface area contributed by atoms with E-state index in [1.807, 2.05) is 0 Å². The molecule has 0 aromatic heterocycles. The largest absolute Gasteiger partial charge is 0.373 e. The summed E-state index contributed by atoms with van der Waals surface area (Å²) in [6.45, 7) is 15.9. The van der Waals surface area contributed by atoms with Gasteiger partial charge >= 0.3 is 0 Å². The lowest BCUT2D eigenvalue weighted by Gasteiger charge is -2.34. The van der Waals surface area contributed by atoms with Crippen LogP contribution in [0.25, 0.3) is 0 Å². The maximum atomic E-state index is 6.07. The lowest BCUT2D eigenvalue weighted by Crippen LogP contribution is -2.26. The van der Waals surface area contributed by atoms with E-state index >= 15 is 0 Å². The highest BCUT2D eigenvalue weighted by atomic mass is 16.5. The van der Waals surface area contributed by atoms with Crippen molar-refractivity contribution in [1.82, 2.24) is 0 Å². The van der Waals surface area contributed by atoms with Gasteiger partial charge in [0, 0.05) is 0 Å². The van der Waals surface area contributed by atoms with Crippen molar-refractivity contribution in [3.63, 3.8) is 0 Å². The van der Waals surface area contributed by atoms with Gasteiger partial charge in [-0.3, -0.25) is 0 Å². The van der Waals surface area contributed by atoms with Crippen LogP contribution in [0.1, 0.15) is 61.3 Å². The zero-order chi connectivity index (χ0) is 11.2. The summed E-state index contributed by atoms with van der Waals surface area (Å²) in [5.41, 5.74) is 0.813. The van der Waals surface area contributed by atoms with Gasteiger partial charge in [-0.1, -0.05) is 27.7 Å². The van der Waals surface area contributed by atoms with Gasteiger partial charge in [0.25, 0.3) is 0 Å². The fraction of sp³-hybridized carbons (Fsp3) is 1.00. The molecule has 0 atom stereocenters. The zero-order valence-electron chi connectivity index (χ0n) is 10.9. The Morgan fingerprint density at radius 3 is 1.57 bits per heavy atom. The quantitative estimate of drug-likeness (QED) is 0.618. The fourth-order valence-corrected chi connectivity index (χ4v) is 2.35. The third-order valence-electron chi connectivity index (χ3n) is 3.83. The van der Waals surface area contributed by atoms with Gasteiger partial charge in [-0.2, -0.15) is 0 Å². The third-order valence-corrected chi connectivity index (χ3v) is 3.83. The predicted molar refractivity (Wildman–Crippen MR) is 61.4 cm³/mol. The van der Waals surface area contributed by atoms with Crippen molar-refractivity contribution in [2.24, 2.45) is 10.8 Å². The summed E-state index contributed by atoms with van der Waals surface area (Å²) in [7, 11) is 0. The van der Waals surface area contributed by atoms with E-state index in [-0.39, 0.29) is 5.60 Å². The van der Waals surface area contributed by atoms with E-state index in [0.717, 1.165) is 0 Å². The van der Waals surface area contributed by atoms with Crippen LogP contribution in [0.5, 0.6) is 0 Å². The lowest BCUT2D eigenvalue weighted by atomic mass is 9.71. The molecule has 0 saturated heterocycles. The molecule has 0 aromatic carbocycles. The molecule has 14 heavy (non-hydrogen) atoms. The molecular weight excluding hydrogens is 172 g/mol. The lowest BCUT2D eigenvalue weighted by molar-refractivity contribution is -0.0606. The Kier molecular flexibility index (Phi) is 2.78. The van der Waals surface area contributed by atoms with Crippen molar-refractivity contribution < 1.29 is 4.74 Å². The molecule has 0 N–H and O–H groups in total. The Morgan fingerprint density at radius 1 is 0.929 bits per heavy atom. The molecule has 0 spiro atoms. The molecule has 0 heterocycles. The standard InChI is InChI=1S/C13H26O/c1-11(2,3)14-10-8-12(4,5)13(6,7)9-10/h10H,8-9H2,1-7H3. The summed E-state index contributed by atoms with van der Waals surface area (Å²) >= 11 is 0. The molecule has 0 unspecified atom stereocenters. The number of hydrogen-bond donors (Lipinski definition) is 0. The molecule has 1 aliphatic rings. The Morgan fingerprint density at radius 2 is 1.29 bits per heavy atom. The van der Waals surface area contributed by atoms with E-state index in [4.69, 9.17) is 4.74 Å². The van der Waals surface area contributed by atoms with Crippen molar-refractivity contribution in [3.8, 4) is 0 Å². The normalized spacial score (nSPS) is 26.8. The van der Waals surface area contributed by atoms with E-state index in [1.165, 1.54) is 12.8 Å². The second-order valence-corrected chi connectivity index (χ2v) is 7.03. The summed E-state index contributed by atoms with van der Waals surface area (Å²) in [6.07, 6.45) is 2.83. The molecule has 0 bridgehead atoms. The van der Waals surface area contributed by atoms with Crippen molar-refractivity contribution in [3.05, 3.63) is 0 Å². The molecule has 1 nitrogen and oxygen atoms in total. The van der Waals surface area contributed by atoms with E-state index in [1.54, 1.807) is 0 Å². The first kappa shape index (κ1) is 12.0. The molecule has 0 aromatic rings. The van der Waals surface area contributed by atoms with Crippen LogP contribution >= 0.6 is 0 Å². The van der Waals surface area contributed by atoms with Crippen molar-refractivity contribution in [2.75, 3.05) is 0 Å². The smallest absolute Gasteiger partial charge is 0.0602 e. The van der Waals surface area contributed by atoms with Crippen LogP contribution < -0.4 is 0 Å². The van der Waals surface area contributed by atoms with Crippen LogP contribution in [0.3, 0.4) is 0 Å². The van der Waals surface area contributed by atoms with Gasteiger partial charge in [0.05, 0.1) is 11.7 Å². The van der Waals surface area contributed by atoms with E-state index in [2.05, 4.69) is 48.5 Å². The van der Waals surface area contributed by atoms with Crippen LogP contribution in [0.15, 0.2) is 0 Å². The first-order chi connectivity index (χ1) is 6.04. The summed E-state index contributed by atoms with van der Waals surface area (Å²) in [5.74, 6) is 0. The Balaban J connectivity index is 2.65. The second-order valence-electron chi connectivity index (χ2n) is 7.03. The predicted octanol–water partition coefficient (Wildman–Crippen LogP) is 4.02. The van der Waals surface area contributed by atoms with Gasteiger partial charge in [-0.15, -0.1) is 0 Å². The summed E-state index contributed by atoms with van der Waals surface area (Å²) in [5, 5.41) is 0. The van der Waals surface area contributed by atoms with Gasteiger partial charge in [0.2, 0.25) is 0 Å². The Bertz CT molecular complexity index is 192. The maximum absolute atomic E-state index is 6.07. The van der Waals surface area contributed by atoms with Gasteiger partial charge in [-0.05, 0) is 44.4 Å². The van der Waals surface area contributed by atoms with Crippen LogP contribution in [0, 0.1) is 10.8 Å². The Labute approximate surface area is 89.2 Å². The van der Waals surface area contributed by atoms with E-state index < -0.39 is 0 Å². The molecule has 1 saturated carbocycles. The number of hydrogen-bond acceptors (Lipinski definition) is 1. The van der Waals surface area contributed by atoms with E-state index in [0.29, 0.717) is 16.9 Å². The SMILES string of the molecule is CC(C)(C)OC1CC(C)(C)C(C)(C)C1. The molecule has 1 heteroatoms. The van der Waals surface area contributed by atoms with Crippen LogP contribution in [0.2, 0.25) is 0 Å². The highest BCUT2D eigenvalue weighted by molar-refractivity contribution is 4.97. The monoisotopic (exact) mass is 198 g/mol. The molecule has 1 fully saturated rings. The molecule has 84 valence electrons. The average molecular weight is 198 g/mol. The molecule has 1 rings (SSSR count). The molecule has 0 radical (unpaired) electrons. The minimum Gasteiger partial charge on any atom is -0.373 e. The summed E-state index contributed by atoms with van der Waals surface area (Å²) in [6, 6.07) is 0. The second kappa shape index (κ2) is 3.23. The molecule has 0 aliphatic heterocycles. The first-order valence-electron chi connectivity index (χ1n) is 5.71. The highest BCUT2D eigenvalue weighted by Crippen LogP contribution is 2.53. The maximum Gasteiger partial charge on any atom is 0.0602 e. The highest BCUT2D eigenvalue weighted by Gasteiger charge is 2.47. The average Bonchev–Trinajstić information content (AvgIpc) is 1.94. The fourth-order valence-electron chi connectivity index (χ4n) is 2.35. The van der Waals surface area contributed by atoms with E-state index in [9.17, 15) is 0 Å². The number of ether oxygens (including phenoxy) is 1. The minimum absolute atomic E-state index is 0.00116. The van der Waals surface area contributed by atoms with Gasteiger partial charge in [0.15, 0.2) is 0 Å².